The van der Waals surface area contributed by atoms with Crippen LogP contribution in [0.15, 0.2) is 48.5 Å². The molecule has 0 aromatic heterocycles. The van der Waals surface area contributed by atoms with Crippen LogP contribution in [0.4, 0.5) is 15.8 Å². The monoisotopic (exact) mass is 408 g/mol. The van der Waals surface area contributed by atoms with E-state index in [0.717, 1.165) is 22.7 Å². The highest BCUT2D eigenvalue weighted by Gasteiger charge is 2.31. The fourth-order valence-electron chi connectivity index (χ4n) is 2.68. The number of esters is 1. The van der Waals surface area contributed by atoms with Crippen LogP contribution in [-0.4, -0.2) is 39.7 Å². The highest BCUT2D eigenvalue weighted by atomic mass is 32.2. The summed E-state index contributed by atoms with van der Waals surface area (Å²) in [5.74, 6) is -1.58. The Balaban J connectivity index is 2.29. The summed E-state index contributed by atoms with van der Waals surface area (Å²) in [6, 6.07) is 9.81. The van der Waals surface area contributed by atoms with Crippen LogP contribution in [0.1, 0.15) is 23.7 Å². The van der Waals surface area contributed by atoms with Crippen molar-refractivity contribution >= 4 is 33.3 Å². The highest BCUT2D eigenvalue weighted by molar-refractivity contribution is 7.92. The molecule has 0 spiro atoms. The van der Waals surface area contributed by atoms with Gasteiger partial charge in [-0.05, 0) is 55.0 Å². The van der Waals surface area contributed by atoms with Crippen molar-refractivity contribution < 1.29 is 27.1 Å². The maximum Gasteiger partial charge on any atom is 0.337 e. The molecule has 2 aromatic carbocycles. The van der Waals surface area contributed by atoms with Gasteiger partial charge in [-0.1, -0.05) is 6.92 Å². The van der Waals surface area contributed by atoms with E-state index in [4.69, 9.17) is 0 Å². The van der Waals surface area contributed by atoms with Crippen molar-refractivity contribution in [1.82, 2.24) is 0 Å². The summed E-state index contributed by atoms with van der Waals surface area (Å²) in [7, 11) is -2.55. The van der Waals surface area contributed by atoms with Crippen molar-refractivity contribution in [3.8, 4) is 0 Å². The van der Waals surface area contributed by atoms with Crippen LogP contribution >= 0.6 is 0 Å². The molecule has 7 nitrogen and oxygen atoms in total. The second kappa shape index (κ2) is 8.83. The Labute approximate surface area is 163 Å². The van der Waals surface area contributed by atoms with Gasteiger partial charge < -0.3 is 10.1 Å². The Bertz CT molecular complexity index is 943. The summed E-state index contributed by atoms with van der Waals surface area (Å²) >= 11 is 0. The first-order valence-corrected chi connectivity index (χ1v) is 10.3. The van der Waals surface area contributed by atoms with Gasteiger partial charge in [0.2, 0.25) is 15.9 Å². The molecule has 0 fully saturated rings. The fraction of sp³-hybridized carbons (Fsp3) is 0.263. The minimum Gasteiger partial charge on any atom is -0.465 e. The molecule has 1 amide bonds. The van der Waals surface area contributed by atoms with E-state index in [2.05, 4.69) is 10.1 Å². The standard InChI is InChI=1S/C19H21FN2O5S/c1-4-17(22(28(3,25)26)16-11-7-14(20)8-12-16)18(23)21-15-9-5-13(6-10-15)19(24)27-2/h5-12,17H,4H2,1-3H3,(H,21,23)/t17-/m1/s1. The van der Waals surface area contributed by atoms with E-state index in [9.17, 15) is 22.4 Å². The van der Waals surface area contributed by atoms with Crippen molar-refractivity contribution in [3.63, 3.8) is 0 Å². The molecule has 150 valence electrons. The lowest BCUT2D eigenvalue weighted by atomic mass is 10.1. The van der Waals surface area contributed by atoms with Gasteiger partial charge in [0.05, 0.1) is 24.6 Å². The average molecular weight is 408 g/mol. The van der Waals surface area contributed by atoms with Crippen LogP contribution in [-0.2, 0) is 19.6 Å². The predicted octanol–water partition coefficient (Wildman–Crippen LogP) is 2.80. The summed E-state index contributed by atoms with van der Waals surface area (Å²) in [6.45, 7) is 1.67. The van der Waals surface area contributed by atoms with Crippen molar-refractivity contribution in [3.05, 3.63) is 59.9 Å². The van der Waals surface area contributed by atoms with Gasteiger partial charge in [-0.15, -0.1) is 0 Å². The van der Waals surface area contributed by atoms with Gasteiger partial charge >= 0.3 is 5.97 Å². The van der Waals surface area contributed by atoms with E-state index in [-0.39, 0.29) is 12.1 Å². The van der Waals surface area contributed by atoms with Gasteiger partial charge in [-0.25, -0.2) is 17.6 Å². The van der Waals surface area contributed by atoms with Gasteiger partial charge in [0.15, 0.2) is 0 Å². The number of methoxy groups -OCH3 is 1. The molecular weight excluding hydrogens is 387 g/mol. The van der Waals surface area contributed by atoms with Gasteiger partial charge in [-0.3, -0.25) is 9.10 Å². The fourth-order valence-corrected chi connectivity index (χ4v) is 3.89. The minimum absolute atomic E-state index is 0.187. The molecule has 0 aliphatic carbocycles. The van der Waals surface area contributed by atoms with Crippen LogP contribution in [0.3, 0.4) is 0 Å². The first kappa shape index (κ1) is 21.4. The van der Waals surface area contributed by atoms with Crippen molar-refractivity contribution in [2.24, 2.45) is 0 Å². The summed E-state index contributed by atoms with van der Waals surface area (Å²) < 4.78 is 43.4. The highest BCUT2D eigenvalue weighted by Crippen LogP contribution is 2.23. The van der Waals surface area contributed by atoms with E-state index in [1.165, 1.54) is 43.5 Å². The van der Waals surface area contributed by atoms with E-state index in [1.807, 2.05) is 0 Å². The second-order valence-corrected chi connectivity index (χ2v) is 7.88. The number of halogens is 1. The number of nitrogens with zero attached hydrogens (tertiary/aromatic N) is 1. The Hall–Kier alpha value is -2.94. The Kier molecular flexibility index (Phi) is 6.74. The van der Waals surface area contributed by atoms with Gasteiger partial charge in [0.1, 0.15) is 11.9 Å². The van der Waals surface area contributed by atoms with Crippen LogP contribution < -0.4 is 9.62 Å². The molecule has 9 heteroatoms. The molecule has 2 rings (SSSR count). The van der Waals surface area contributed by atoms with Gasteiger partial charge in [0, 0.05) is 5.69 Å². The first-order chi connectivity index (χ1) is 13.2. The molecule has 0 radical (unpaired) electrons. The molecule has 28 heavy (non-hydrogen) atoms. The SMILES string of the molecule is CC[C@H](C(=O)Nc1ccc(C(=O)OC)cc1)N(c1ccc(F)cc1)S(C)(=O)=O. The number of benzene rings is 2. The van der Waals surface area contributed by atoms with Crippen LogP contribution in [0.25, 0.3) is 0 Å². The zero-order valence-electron chi connectivity index (χ0n) is 15.7. The molecule has 0 heterocycles. The number of amides is 1. The van der Waals surface area contributed by atoms with Gasteiger partial charge in [-0.2, -0.15) is 0 Å². The maximum atomic E-state index is 13.2. The van der Waals surface area contributed by atoms with Crippen LogP contribution in [0, 0.1) is 5.82 Å². The van der Waals surface area contributed by atoms with Crippen molar-refractivity contribution in [1.29, 1.82) is 0 Å². The molecule has 0 aliphatic heterocycles. The van der Waals surface area contributed by atoms with Crippen LogP contribution in [0.2, 0.25) is 0 Å². The summed E-state index contributed by atoms with van der Waals surface area (Å²) in [5, 5.41) is 2.64. The minimum atomic E-state index is -3.81. The quantitative estimate of drug-likeness (QED) is 0.711. The maximum absolute atomic E-state index is 13.2. The number of hydrogen-bond acceptors (Lipinski definition) is 5. The number of carbonyl (C=O) groups excluding carboxylic acids is 2. The molecule has 1 atom stereocenters. The normalized spacial score (nSPS) is 12.1. The molecule has 0 saturated carbocycles. The third kappa shape index (κ3) is 5.07. The lowest BCUT2D eigenvalue weighted by molar-refractivity contribution is -0.117. The Morgan fingerprint density at radius 2 is 1.68 bits per heavy atom. The summed E-state index contributed by atoms with van der Waals surface area (Å²) in [4.78, 5) is 24.2. The number of anilines is 2. The first-order valence-electron chi connectivity index (χ1n) is 8.41. The zero-order chi connectivity index (χ0) is 20.9. The molecule has 1 N–H and O–H groups in total. The lowest BCUT2D eigenvalue weighted by Gasteiger charge is -2.30. The number of hydrogen-bond donors (Lipinski definition) is 1. The van der Waals surface area contributed by atoms with E-state index < -0.39 is 33.8 Å². The van der Waals surface area contributed by atoms with Crippen molar-refractivity contribution in [2.45, 2.75) is 19.4 Å². The zero-order valence-corrected chi connectivity index (χ0v) is 16.5. The smallest absolute Gasteiger partial charge is 0.337 e. The second-order valence-electron chi connectivity index (χ2n) is 6.02. The van der Waals surface area contributed by atoms with E-state index in [1.54, 1.807) is 6.92 Å². The van der Waals surface area contributed by atoms with Gasteiger partial charge in [0.25, 0.3) is 0 Å². The van der Waals surface area contributed by atoms with E-state index >= 15 is 0 Å². The summed E-state index contributed by atoms with van der Waals surface area (Å²) in [5.41, 5.74) is 0.896. The molecule has 0 saturated heterocycles. The number of rotatable bonds is 7. The Morgan fingerprint density at radius 1 is 1.11 bits per heavy atom. The third-order valence-corrected chi connectivity index (χ3v) is 5.16. The summed E-state index contributed by atoms with van der Waals surface area (Å²) in [6.07, 6.45) is 1.17. The molecule has 0 unspecified atom stereocenters. The third-order valence-electron chi connectivity index (χ3n) is 3.98. The molecular formula is C19H21FN2O5S. The number of nitrogens with one attached hydrogen (secondary N) is 1. The molecule has 0 bridgehead atoms. The number of ether oxygens (including phenoxy) is 1. The topological polar surface area (TPSA) is 92.8 Å². The van der Waals surface area contributed by atoms with Crippen LogP contribution in [0.5, 0.6) is 0 Å². The Morgan fingerprint density at radius 3 is 2.14 bits per heavy atom. The van der Waals surface area contributed by atoms with Crippen molar-refractivity contribution in [2.75, 3.05) is 23.0 Å². The molecule has 0 aliphatic rings. The average Bonchev–Trinajstić information content (AvgIpc) is 2.66. The largest absolute Gasteiger partial charge is 0.465 e. The molecule has 2 aromatic rings. The number of sulfonamides is 1. The lowest BCUT2D eigenvalue weighted by Crippen LogP contribution is -2.47. The predicted molar refractivity (Wildman–Crippen MR) is 104 cm³/mol. The van der Waals surface area contributed by atoms with E-state index in [0.29, 0.717) is 11.3 Å². The number of carbonyl (C=O) groups is 2.